The molecule has 0 saturated heterocycles. The van der Waals surface area contributed by atoms with Crippen LogP contribution in [0.2, 0.25) is 0 Å². The highest BCUT2D eigenvalue weighted by Gasteiger charge is 2.03. The molecule has 0 saturated carbocycles. The summed E-state index contributed by atoms with van der Waals surface area (Å²) < 4.78 is 6.30. The van der Waals surface area contributed by atoms with Crippen LogP contribution in [0.25, 0.3) is 0 Å². The average Bonchev–Trinajstić information content (AvgIpc) is 2.89. The van der Waals surface area contributed by atoms with E-state index in [1.807, 2.05) is 18.2 Å². The molecule has 0 aliphatic carbocycles. The fraction of sp³-hybridized carbons (Fsp3) is 0.267. The number of halogens is 1. The van der Waals surface area contributed by atoms with Crippen LogP contribution in [-0.2, 0) is 13.0 Å². The molecule has 3 nitrogen and oxygen atoms in total. The van der Waals surface area contributed by atoms with Crippen molar-refractivity contribution in [3.8, 4) is 11.8 Å². The molecule has 0 unspecified atom stereocenters. The summed E-state index contributed by atoms with van der Waals surface area (Å²) in [6, 6.07) is 12.0. The van der Waals surface area contributed by atoms with Gasteiger partial charge in [0.25, 0.3) is 0 Å². The van der Waals surface area contributed by atoms with Crippen LogP contribution in [0.15, 0.2) is 34.1 Å². The van der Waals surface area contributed by atoms with Crippen molar-refractivity contribution in [2.45, 2.75) is 13.0 Å². The zero-order chi connectivity index (χ0) is 14.4. The molecule has 104 valence electrons. The zero-order valence-electron chi connectivity index (χ0n) is 11.1. The predicted molar refractivity (Wildman–Crippen MR) is 85.1 cm³/mol. The Balaban J connectivity index is 1.84. The maximum absolute atomic E-state index is 9.04. The molecular formula is C15H15BrN2OS. The van der Waals surface area contributed by atoms with Crippen molar-refractivity contribution < 1.29 is 4.74 Å². The summed E-state index contributed by atoms with van der Waals surface area (Å²) in [4.78, 5) is 1.36. The average molecular weight is 351 g/mol. The van der Waals surface area contributed by atoms with E-state index in [9.17, 15) is 0 Å². The number of hydrogen-bond donors (Lipinski definition) is 1. The third-order valence-corrected chi connectivity index (χ3v) is 4.57. The molecule has 20 heavy (non-hydrogen) atoms. The van der Waals surface area contributed by atoms with Crippen molar-refractivity contribution in [2.24, 2.45) is 0 Å². The van der Waals surface area contributed by atoms with Gasteiger partial charge in [-0.25, -0.2) is 0 Å². The Morgan fingerprint density at radius 1 is 1.35 bits per heavy atom. The van der Waals surface area contributed by atoms with Crippen molar-refractivity contribution in [1.29, 1.82) is 5.26 Å². The van der Waals surface area contributed by atoms with Gasteiger partial charge in [0.15, 0.2) is 0 Å². The van der Waals surface area contributed by atoms with Gasteiger partial charge in [-0.15, -0.1) is 11.3 Å². The van der Waals surface area contributed by atoms with Crippen LogP contribution < -0.4 is 10.1 Å². The first kappa shape index (κ1) is 15.0. The summed E-state index contributed by atoms with van der Waals surface area (Å²) in [5.74, 6) is 0.625. The van der Waals surface area contributed by atoms with Crippen LogP contribution in [0.5, 0.6) is 5.75 Å². The summed E-state index contributed by atoms with van der Waals surface area (Å²) in [7, 11) is 1.58. The number of benzene rings is 1. The minimum atomic E-state index is 0.578. The number of hydrogen-bond acceptors (Lipinski definition) is 4. The van der Waals surface area contributed by atoms with Crippen LogP contribution in [0.4, 0.5) is 0 Å². The molecule has 0 bridgehead atoms. The van der Waals surface area contributed by atoms with E-state index < -0.39 is 0 Å². The van der Waals surface area contributed by atoms with E-state index >= 15 is 0 Å². The van der Waals surface area contributed by atoms with Crippen molar-refractivity contribution >= 4 is 27.3 Å². The number of thiophene rings is 1. The second-order valence-corrected chi connectivity index (χ2v) is 6.83. The van der Waals surface area contributed by atoms with Gasteiger partial charge in [0, 0.05) is 18.0 Å². The van der Waals surface area contributed by atoms with E-state index in [0.29, 0.717) is 11.3 Å². The number of rotatable bonds is 6. The van der Waals surface area contributed by atoms with Crippen LogP contribution >= 0.6 is 27.3 Å². The topological polar surface area (TPSA) is 45.0 Å². The largest absolute Gasteiger partial charge is 0.495 e. The molecule has 0 atom stereocenters. The Hall–Kier alpha value is -1.35. The Labute approximate surface area is 131 Å². The Morgan fingerprint density at radius 3 is 2.85 bits per heavy atom. The number of nitriles is 1. The molecule has 0 radical (unpaired) electrons. The van der Waals surface area contributed by atoms with Gasteiger partial charge in [0.1, 0.15) is 11.8 Å². The Bertz CT molecular complexity index is 619. The first-order chi connectivity index (χ1) is 9.72. The lowest BCUT2D eigenvalue weighted by Gasteiger charge is -2.07. The fourth-order valence-electron chi connectivity index (χ4n) is 1.88. The van der Waals surface area contributed by atoms with Gasteiger partial charge in [-0.3, -0.25) is 0 Å². The van der Waals surface area contributed by atoms with Crippen LogP contribution in [-0.4, -0.2) is 13.7 Å². The maximum Gasteiger partial charge on any atom is 0.136 e. The first-order valence-electron chi connectivity index (χ1n) is 6.25. The Morgan fingerprint density at radius 2 is 2.20 bits per heavy atom. The van der Waals surface area contributed by atoms with Gasteiger partial charge in [-0.05, 0) is 52.2 Å². The van der Waals surface area contributed by atoms with Gasteiger partial charge in [0.05, 0.1) is 16.5 Å². The van der Waals surface area contributed by atoms with Crippen LogP contribution in [0.3, 0.4) is 0 Å². The monoisotopic (exact) mass is 350 g/mol. The summed E-state index contributed by atoms with van der Waals surface area (Å²) in [5.41, 5.74) is 1.67. The highest BCUT2D eigenvalue weighted by molar-refractivity contribution is 9.11. The summed E-state index contributed by atoms with van der Waals surface area (Å²) in [6.45, 7) is 1.67. The minimum Gasteiger partial charge on any atom is -0.495 e. The third kappa shape index (κ3) is 4.07. The molecule has 0 fully saturated rings. The molecule has 0 aliphatic rings. The standard InChI is InChI=1S/C15H15BrN2OS/c1-19-14-4-2-11(8-12(14)9-17)10-18-7-6-13-3-5-15(16)20-13/h2-5,8,18H,6-7,10H2,1H3. The maximum atomic E-state index is 9.04. The van der Waals surface area contributed by atoms with Gasteiger partial charge >= 0.3 is 0 Å². The summed E-state index contributed by atoms with van der Waals surface area (Å²) >= 11 is 5.22. The molecule has 1 aromatic carbocycles. The second kappa shape index (κ2) is 7.44. The first-order valence-corrected chi connectivity index (χ1v) is 7.86. The molecule has 0 spiro atoms. The smallest absolute Gasteiger partial charge is 0.136 e. The van der Waals surface area contributed by atoms with Gasteiger partial charge in [-0.1, -0.05) is 6.07 Å². The van der Waals surface area contributed by atoms with Gasteiger partial charge in [-0.2, -0.15) is 5.26 Å². The third-order valence-electron chi connectivity index (χ3n) is 2.89. The molecular weight excluding hydrogens is 336 g/mol. The molecule has 2 aromatic rings. The Kier molecular flexibility index (Phi) is 5.60. The summed E-state index contributed by atoms with van der Waals surface area (Å²) in [6.07, 6.45) is 1.01. The normalized spacial score (nSPS) is 10.2. The number of nitrogens with one attached hydrogen (secondary N) is 1. The quantitative estimate of drug-likeness (QED) is 0.807. The number of methoxy groups -OCH3 is 1. The van der Waals surface area contributed by atoms with Crippen LogP contribution in [0.1, 0.15) is 16.0 Å². The molecule has 2 rings (SSSR count). The van der Waals surface area contributed by atoms with Crippen molar-refractivity contribution in [2.75, 3.05) is 13.7 Å². The summed E-state index contributed by atoms with van der Waals surface area (Å²) in [5, 5.41) is 12.4. The lowest BCUT2D eigenvalue weighted by Crippen LogP contribution is -2.16. The highest BCUT2D eigenvalue weighted by atomic mass is 79.9. The molecule has 5 heteroatoms. The van der Waals surface area contributed by atoms with Crippen molar-refractivity contribution in [1.82, 2.24) is 5.32 Å². The second-order valence-electron chi connectivity index (χ2n) is 4.28. The van der Waals surface area contributed by atoms with E-state index in [2.05, 4.69) is 39.4 Å². The zero-order valence-corrected chi connectivity index (χ0v) is 13.6. The lowest BCUT2D eigenvalue weighted by molar-refractivity contribution is 0.413. The van der Waals surface area contributed by atoms with Gasteiger partial charge in [0.2, 0.25) is 0 Å². The van der Waals surface area contributed by atoms with Gasteiger partial charge < -0.3 is 10.1 Å². The number of ether oxygens (including phenoxy) is 1. The highest BCUT2D eigenvalue weighted by Crippen LogP contribution is 2.22. The van der Waals surface area contributed by atoms with E-state index in [1.54, 1.807) is 18.4 Å². The van der Waals surface area contributed by atoms with E-state index in [-0.39, 0.29) is 0 Å². The molecule has 0 aliphatic heterocycles. The SMILES string of the molecule is COc1ccc(CNCCc2ccc(Br)s2)cc1C#N. The molecule has 1 aromatic heterocycles. The lowest BCUT2D eigenvalue weighted by atomic mass is 10.1. The predicted octanol–water partition coefficient (Wildman–Crippen LogP) is 3.72. The molecule has 1 N–H and O–H groups in total. The van der Waals surface area contributed by atoms with E-state index in [0.717, 1.165) is 25.1 Å². The van der Waals surface area contributed by atoms with Crippen molar-refractivity contribution in [3.05, 3.63) is 50.1 Å². The minimum absolute atomic E-state index is 0.578. The molecule has 1 heterocycles. The van der Waals surface area contributed by atoms with Crippen LogP contribution in [0, 0.1) is 11.3 Å². The van der Waals surface area contributed by atoms with Crippen molar-refractivity contribution in [3.63, 3.8) is 0 Å². The molecule has 0 amide bonds. The fourth-order valence-corrected chi connectivity index (χ4v) is 3.37. The van der Waals surface area contributed by atoms with E-state index in [4.69, 9.17) is 10.00 Å². The number of nitrogens with zero attached hydrogens (tertiary/aromatic N) is 1. The van der Waals surface area contributed by atoms with E-state index in [1.165, 1.54) is 8.66 Å².